The molecule has 22 heavy (non-hydrogen) atoms. The van der Waals surface area contributed by atoms with Gasteiger partial charge < -0.3 is 0 Å². The van der Waals surface area contributed by atoms with Crippen LogP contribution in [0, 0.1) is 0 Å². The van der Waals surface area contributed by atoms with Crippen molar-refractivity contribution in [2.45, 2.75) is 29.6 Å². The van der Waals surface area contributed by atoms with Crippen molar-refractivity contribution in [3.8, 4) is 0 Å². The number of para-hydroxylation sites is 1. The van der Waals surface area contributed by atoms with Crippen LogP contribution in [0.3, 0.4) is 0 Å². The molecule has 0 fully saturated rings. The molecule has 0 aromatic heterocycles. The third kappa shape index (κ3) is 2.88. The second-order valence-corrected chi connectivity index (χ2v) is 8.24. The molecule has 0 atom stereocenters. The van der Waals surface area contributed by atoms with Crippen LogP contribution < -0.4 is 4.31 Å². The number of hydrogen-bond acceptors (Lipinski definition) is 3. The quantitative estimate of drug-likeness (QED) is 0.854. The van der Waals surface area contributed by atoms with Gasteiger partial charge in [0.05, 0.1) is 10.6 Å². The first-order valence-electron chi connectivity index (χ1n) is 7.46. The molecule has 0 amide bonds. The van der Waals surface area contributed by atoms with Crippen molar-refractivity contribution < 1.29 is 8.42 Å². The number of nitrogens with zero attached hydrogens (tertiary/aromatic N) is 1. The standard InChI is InChI=1S/C17H19NO2S2/c1-2-14-8-10-15(11-9-14)22(19,20)18-12-5-13-21-17-7-4-3-6-16(17)18/h3-4,6-11H,2,5,12-13H2,1H3. The minimum Gasteiger partial charge on any atom is -0.265 e. The van der Waals surface area contributed by atoms with Crippen LogP contribution in [-0.4, -0.2) is 20.7 Å². The van der Waals surface area contributed by atoms with Crippen molar-refractivity contribution in [3.63, 3.8) is 0 Å². The van der Waals surface area contributed by atoms with Gasteiger partial charge in [-0.3, -0.25) is 4.31 Å². The van der Waals surface area contributed by atoms with Crippen LogP contribution in [0.2, 0.25) is 0 Å². The van der Waals surface area contributed by atoms with Gasteiger partial charge in [0.25, 0.3) is 10.0 Å². The molecule has 0 N–H and O–H groups in total. The average Bonchev–Trinajstić information content (AvgIpc) is 2.77. The molecule has 1 heterocycles. The van der Waals surface area contributed by atoms with Gasteiger partial charge >= 0.3 is 0 Å². The highest BCUT2D eigenvalue weighted by molar-refractivity contribution is 7.99. The number of anilines is 1. The maximum atomic E-state index is 13.0. The Balaban J connectivity index is 2.04. The van der Waals surface area contributed by atoms with E-state index in [0.717, 1.165) is 34.7 Å². The van der Waals surface area contributed by atoms with E-state index >= 15 is 0 Å². The van der Waals surface area contributed by atoms with Gasteiger partial charge in [0.1, 0.15) is 0 Å². The van der Waals surface area contributed by atoms with Gasteiger partial charge in [-0.15, -0.1) is 11.8 Å². The topological polar surface area (TPSA) is 37.4 Å². The molecule has 3 rings (SSSR count). The highest BCUT2D eigenvalue weighted by Crippen LogP contribution is 2.36. The molecule has 0 unspecified atom stereocenters. The average molecular weight is 333 g/mol. The summed E-state index contributed by atoms with van der Waals surface area (Å²) >= 11 is 1.72. The summed E-state index contributed by atoms with van der Waals surface area (Å²) < 4.78 is 27.6. The van der Waals surface area contributed by atoms with Crippen molar-refractivity contribution in [2.75, 3.05) is 16.6 Å². The Morgan fingerprint density at radius 2 is 1.82 bits per heavy atom. The van der Waals surface area contributed by atoms with Crippen molar-refractivity contribution in [1.82, 2.24) is 0 Å². The molecule has 0 bridgehead atoms. The summed E-state index contributed by atoms with van der Waals surface area (Å²) in [6.07, 6.45) is 1.76. The Labute approximate surface area is 136 Å². The highest BCUT2D eigenvalue weighted by atomic mass is 32.2. The Morgan fingerprint density at radius 1 is 1.09 bits per heavy atom. The predicted molar refractivity (Wildman–Crippen MR) is 92.1 cm³/mol. The van der Waals surface area contributed by atoms with E-state index in [1.54, 1.807) is 28.2 Å². The molecule has 0 aliphatic carbocycles. The third-order valence-electron chi connectivity index (χ3n) is 3.82. The molecular weight excluding hydrogens is 314 g/mol. The van der Waals surface area contributed by atoms with E-state index in [-0.39, 0.29) is 0 Å². The van der Waals surface area contributed by atoms with Gasteiger partial charge in [0.2, 0.25) is 0 Å². The summed E-state index contributed by atoms with van der Waals surface area (Å²) in [6.45, 7) is 2.59. The molecule has 0 radical (unpaired) electrons. The second kappa shape index (κ2) is 6.34. The van der Waals surface area contributed by atoms with Crippen molar-refractivity contribution in [3.05, 3.63) is 54.1 Å². The molecule has 5 heteroatoms. The normalized spacial score (nSPS) is 15.2. The van der Waals surface area contributed by atoms with Gasteiger partial charge in [-0.05, 0) is 48.4 Å². The predicted octanol–water partition coefficient (Wildman–Crippen LogP) is 3.94. The number of sulfonamides is 1. The molecule has 2 aromatic rings. The van der Waals surface area contributed by atoms with Crippen molar-refractivity contribution in [1.29, 1.82) is 0 Å². The fourth-order valence-corrected chi connectivity index (χ4v) is 5.14. The molecule has 2 aromatic carbocycles. The van der Waals surface area contributed by atoms with Crippen molar-refractivity contribution in [2.24, 2.45) is 0 Å². The van der Waals surface area contributed by atoms with Crippen LogP contribution >= 0.6 is 11.8 Å². The summed E-state index contributed by atoms with van der Waals surface area (Å²) in [4.78, 5) is 1.40. The Kier molecular flexibility index (Phi) is 4.45. The minimum absolute atomic E-state index is 0.367. The largest absolute Gasteiger partial charge is 0.265 e. The molecule has 3 nitrogen and oxygen atoms in total. The fourth-order valence-electron chi connectivity index (χ4n) is 2.57. The number of thioether (sulfide) groups is 1. The lowest BCUT2D eigenvalue weighted by atomic mass is 10.2. The third-order valence-corrected chi connectivity index (χ3v) is 6.79. The van der Waals surface area contributed by atoms with Crippen LogP contribution in [0.1, 0.15) is 18.9 Å². The summed E-state index contributed by atoms with van der Waals surface area (Å²) in [6, 6.07) is 15.0. The Hall–Kier alpha value is -1.46. The van der Waals surface area contributed by atoms with E-state index in [0.29, 0.717) is 11.4 Å². The number of fused-ring (bicyclic) bond motifs is 1. The summed E-state index contributed by atoms with van der Waals surface area (Å²) in [7, 11) is -3.50. The van der Waals surface area contributed by atoms with Crippen LogP contribution in [0.15, 0.2) is 58.3 Å². The first kappa shape index (κ1) is 15.4. The molecule has 0 spiro atoms. The molecule has 0 saturated heterocycles. The lowest BCUT2D eigenvalue weighted by molar-refractivity contribution is 0.590. The first-order chi connectivity index (χ1) is 10.6. The zero-order valence-corrected chi connectivity index (χ0v) is 14.2. The molecule has 116 valence electrons. The summed E-state index contributed by atoms with van der Waals surface area (Å²) in [5, 5.41) is 0. The van der Waals surface area contributed by atoms with Gasteiger partial charge in [0.15, 0.2) is 0 Å². The number of aryl methyl sites for hydroxylation is 1. The zero-order valence-electron chi connectivity index (χ0n) is 12.5. The SMILES string of the molecule is CCc1ccc(S(=O)(=O)N2CCCSc3ccccc32)cc1. The lowest BCUT2D eigenvalue weighted by Crippen LogP contribution is -2.31. The maximum absolute atomic E-state index is 13.0. The zero-order chi connectivity index (χ0) is 15.6. The monoisotopic (exact) mass is 333 g/mol. The lowest BCUT2D eigenvalue weighted by Gasteiger charge is -2.24. The van der Waals surface area contributed by atoms with Crippen LogP contribution in [0.25, 0.3) is 0 Å². The number of benzene rings is 2. The van der Waals surface area contributed by atoms with E-state index in [1.807, 2.05) is 36.4 Å². The van der Waals surface area contributed by atoms with E-state index in [1.165, 1.54) is 0 Å². The van der Waals surface area contributed by atoms with Crippen LogP contribution in [0.5, 0.6) is 0 Å². The Bertz CT molecular complexity index is 754. The van der Waals surface area contributed by atoms with Gasteiger partial charge in [-0.2, -0.15) is 0 Å². The maximum Gasteiger partial charge on any atom is 0.264 e. The molecular formula is C17H19NO2S2. The smallest absolute Gasteiger partial charge is 0.264 e. The van der Waals surface area contributed by atoms with Crippen LogP contribution in [-0.2, 0) is 16.4 Å². The van der Waals surface area contributed by atoms with E-state index in [4.69, 9.17) is 0 Å². The van der Waals surface area contributed by atoms with Crippen molar-refractivity contribution >= 4 is 27.5 Å². The van der Waals surface area contributed by atoms with Gasteiger partial charge in [-0.1, -0.05) is 31.2 Å². The van der Waals surface area contributed by atoms with E-state index in [2.05, 4.69) is 6.92 Å². The highest BCUT2D eigenvalue weighted by Gasteiger charge is 2.27. The minimum atomic E-state index is -3.50. The first-order valence-corrected chi connectivity index (χ1v) is 9.89. The summed E-state index contributed by atoms with van der Waals surface area (Å²) in [5.41, 5.74) is 1.94. The molecule has 0 saturated carbocycles. The molecule has 1 aliphatic heterocycles. The van der Waals surface area contributed by atoms with E-state index < -0.39 is 10.0 Å². The van der Waals surface area contributed by atoms with Gasteiger partial charge in [-0.25, -0.2) is 8.42 Å². The number of rotatable bonds is 3. The molecule has 1 aliphatic rings. The van der Waals surface area contributed by atoms with E-state index in [9.17, 15) is 8.42 Å². The number of hydrogen-bond donors (Lipinski definition) is 0. The van der Waals surface area contributed by atoms with Crippen LogP contribution in [0.4, 0.5) is 5.69 Å². The summed E-state index contributed by atoms with van der Waals surface area (Å²) in [5.74, 6) is 0.942. The Morgan fingerprint density at radius 3 is 2.55 bits per heavy atom. The second-order valence-electron chi connectivity index (χ2n) is 5.24. The fraction of sp³-hybridized carbons (Fsp3) is 0.294. The van der Waals surface area contributed by atoms with Gasteiger partial charge in [0, 0.05) is 11.4 Å².